The van der Waals surface area contributed by atoms with E-state index in [1.807, 2.05) is 0 Å². The third-order valence-electron chi connectivity index (χ3n) is 1.10. The topological polar surface area (TPSA) is 49.7 Å². The summed E-state index contributed by atoms with van der Waals surface area (Å²) in [7, 11) is 0. The smallest absolute Gasteiger partial charge is 0.113 e. The van der Waals surface area contributed by atoms with Gasteiger partial charge in [0.1, 0.15) is 6.61 Å². The number of ether oxygens (including phenoxy) is 1. The zero-order valence-corrected chi connectivity index (χ0v) is 4.90. The lowest BCUT2D eigenvalue weighted by molar-refractivity contribution is 0.0180. The van der Waals surface area contributed by atoms with E-state index < -0.39 is 6.10 Å². The van der Waals surface area contributed by atoms with Crippen molar-refractivity contribution in [2.24, 2.45) is 0 Å². The van der Waals surface area contributed by atoms with E-state index in [0.717, 1.165) is 0 Å². The Hall–Kier alpha value is -0.120. The minimum atomic E-state index is -0.618. The summed E-state index contributed by atoms with van der Waals surface area (Å²) < 4.78 is 4.83. The van der Waals surface area contributed by atoms with Crippen molar-refractivity contribution in [3.63, 3.8) is 0 Å². The molecule has 3 radical (unpaired) electrons. The van der Waals surface area contributed by atoms with Gasteiger partial charge in [0.05, 0.1) is 18.8 Å². The maximum Gasteiger partial charge on any atom is 0.113 e. The van der Waals surface area contributed by atoms with Crippen LogP contribution in [0.25, 0.3) is 0 Å². The summed E-state index contributed by atoms with van der Waals surface area (Å²) in [4.78, 5) is 0. The summed E-state index contributed by atoms with van der Waals surface area (Å²) >= 11 is 0. The van der Waals surface area contributed by atoms with Gasteiger partial charge in [0, 0.05) is 0 Å². The monoisotopic (exact) mass is 129 g/mol. The molecule has 3 heteroatoms. The largest absolute Gasteiger partial charge is 0.394 e. The van der Waals surface area contributed by atoms with Gasteiger partial charge in [-0.3, -0.25) is 0 Å². The molecule has 0 saturated carbocycles. The lowest BCUT2D eigenvalue weighted by atomic mass is 10.1. The summed E-state index contributed by atoms with van der Waals surface area (Å²) in [5.74, 6) is 0. The predicted molar refractivity (Wildman–Crippen MR) is 30.9 cm³/mol. The van der Waals surface area contributed by atoms with Gasteiger partial charge in [0.25, 0.3) is 0 Å². The van der Waals surface area contributed by atoms with E-state index in [1.54, 1.807) is 12.8 Å². The van der Waals surface area contributed by atoms with Crippen LogP contribution in [0.4, 0.5) is 0 Å². The van der Waals surface area contributed by atoms with Crippen LogP contribution >= 0.6 is 0 Å². The first-order valence-electron chi connectivity index (χ1n) is 2.79. The third kappa shape index (κ3) is 1.93. The van der Waals surface area contributed by atoms with Gasteiger partial charge < -0.3 is 14.9 Å². The molecule has 1 aliphatic rings. The maximum absolute atomic E-state index is 8.77. The minimum Gasteiger partial charge on any atom is -0.394 e. The summed E-state index contributed by atoms with van der Waals surface area (Å²) in [5, 5.41) is 17.3. The summed E-state index contributed by atoms with van der Waals surface area (Å²) in [6, 6.07) is 0. The molecule has 0 bridgehead atoms. The molecule has 1 saturated heterocycles. The first kappa shape index (κ1) is 6.99. The van der Waals surface area contributed by atoms with E-state index in [4.69, 9.17) is 14.9 Å². The van der Waals surface area contributed by atoms with Gasteiger partial charge in [-0.2, -0.15) is 0 Å². The molecule has 1 rings (SSSR count). The Morgan fingerprint density at radius 1 is 1.44 bits per heavy atom. The van der Waals surface area contributed by atoms with Crippen molar-refractivity contribution in [1.82, 2.24) is 0 Å². The summed E-state index contributed by atoms with van der Waals surface area (Å²) in [5.41, 5.74) is 0. The fraction of sp³-hybridized carbons (Fsp3) is 0.500. The Morgan fingerprint density at radius 3 is 2.67 bits per heavy atom. The van der Waals surface area contributed by atoms with Crippen LogP contribution < -0.4 is 0 Å². The lowest BCUT2D eigenvalue weighted by Gasteiger charge is -2.22. The van der Waals surface area contributed by atoms with Gasteiger partial charge in [-0.1, -0.05) is 0 Å². The molecule has 1 aliphatic heterocycles. The molecule has 51 valence electrons. The van der Waals surface area contributed by atoms with Gasteiger partial charge in [-0.05, 0) is 12.8 Å². The Kier molecular flexibility index (Phi) is 2.45. The van der Waals surface area contributed by atoms with Crippen molar-refractivity contribution in [3.05, 3.63) is 19.4 Å². The highest BCUT2D eigenvalue weighted by Crippen LogP contribution is 2.13. The summed E-state index contributed by atoms with van der Waals surface area (Å²) in [6.07, 6.45) is 2.32. The van der Waals surface area contributed by atoms with Crippen LogP contribution in [-0.2, 0) is 4.74 Å². The molecule has 1 fully saturated rings. The second kappa shape index (κ2) is 3.15. The Morgan fingerprint density at radius 2 is 2.22 bits per heavy atom. The standard InChI is InChI=1S/C6H9O3/c7-3-6-2-1-5(8)4-9-6/h1-2,4-8H,3H2. The average Bonchev–Trinajstić information content (AvgIpc) is 1.90. The van der Waals surface area contributed by atoms with E-state index in [0.29, 0.717) is 0 Å². The zero-order valence-electron chi connectivity index (χ0n) is 4.90. The molecule has 2 N–H and O–H groups in total. The molecule has 3 nitrogen and oxygen atoms in total. The van der Waals surface area contributed by atoms with Gasteiger partial charge in [-0.25, -0.2) is 0 Å². The van der Waals surface area contributed by atoms with E-state index >= 15 is 0 Å². The van der Waals surface area contributed by atoms with Crippen LogP contribution in [-0.4, -0.2) is 29.0 Å². The van der Waals surface area contributed by atoms with Crippen LogP contribution in [0.3, 0.4) is 0 Å². The van der Waals surface area contributed by atoms with Crippen LogP contribution in [0.2, 0.25) is 0 Å². The Bertz CT molecular complexity index is 76.4. The predicted octanol–water partition coefficient (Wildman–Crippen LogP) is -0.691. The van der Waals surface area contributed by atoms with Crippen molar-refractivity contribution >= 4 is 0 Å². The Labute approximate surface area is 54.3 Å². The van der Waals surface area contributed by atoms with Crippen LogP contribution in [0, 0.1) is 19.4 Å². The van der Waals surface area contributed by atoms with Crippen LogP contribution in [0.5, 0.6) is 0 Å². The van der Waals surface area contributed by atoms with Crippen molar-refractivity contribution < 1.29 is 14.9 Å². The van der Waals surface area contributed by atoms with Crippen molar-refractivity contribution in [1.29, 1.82) is 0 Å². The van der Waals surface area contributed by atoms with Gasteiger partial charge in [0.15, 0.2) is 0 Å². The highest BCUT2D eigenvalue weighted by atomic mass is 16.5. The highest BCUT2D eigenvalue weighted by molar-refractivity contribution is 5.03. The molecular weight excluding hydrogens is 120 g/mol. The van der Waals surface area contributed by atoms with E-state index in [-0.39, 0.29) is 12.7 Å². The van der Waals surface area contributed by atoms with Crippen LogP contribution in [0.1, 0.15) is 0 Å². The first-order valence-corrected chi connectivity index (χ1v) is 2.79. The zero-order chi connectivity index (χ0) is 6.69. The number of aliphatic hydroxyl groups excluding tert-OH is 2. The number of rotatable bonds is 1. The SMILES string of the molecule is OCC1[CH][CH]C(O)[CH]O1. The molecular formula is C6H9O3. The van der Waals surface area contributed by atoms with Gasteiger partial charge in [-0.15, -0.1) is 0 Å². The van der Waals surface area contributed by atoms with Crippen LogP contribution in [0.15, 0.2) is 0 Å². The van der Waals surface area contributed by atoms with Gasteiger partial charge in [0.2, 0.25) is 0 Å². The maximum atomic E-state index is 8.77. The molecule has 0 aromatic rings. The fourth-order valence-electron chi connectivity index (χ4n) is 0.614. The van der Waals surface area contributed by atoms with Crippen molar-refractivity contribution in [2.75, 3.05) is 6.61 Å². The second-order valence-corrected chi connectivity index (χ2v) is 1.87. The fourth-order valence-corrected chi connectivity index (χ4v) is 0.614. The van der Waals surface area contributed by atoms with E-state index in [1.165, 1.54) is 6.61 Å². The molecule has 1 heterocycles. The molecule has 0 spiro atoms. The number of hydrogen-bond acceptors (Lipinski definition) is 3. The normalized spacial score (nSPS) is 36.7. The second-order valence-electron chi connectivity index (χ2n) is 1.87. The minimum absolute atomic E-state index is 0.0419. The average molecular weight is 129 g/mol. The summed E-state index contributed by atoms with van der Waals surface area (Å²) in [6.45, 7) is 1.25. The molecule has 0 aliphatic carbocycles. The quantitative estimate of drug-likeness (QED) is 0.492. The first-order chi connectivity index (χ1) is 4.33. The lowest BCUT2D eigenvalue weighted by Crippen LogP contribution is -2.28. The molecule has 9 heavy (non-hydrogen) atoms. The third-order valence-corrected chi connectivity index (χ3v) is 1.10. The molecule has 0 aromatic heterocycles. The number of aliphatic hydroxyl groups is 2. The molecule has 2 unspecified atom stereocenters. The van der Waals surface area contributed by atoms with E-state index in [2.05, 4.69) is 0 Å². The van der Waals surface area contributed by atoms with Crippen molar-refractivity contribution in [3.8, 4) is 0 Å². The molecule has 0 amide bonds. The molecule has 0 aromatic carbocycles. The van der Waals surface area contributed by atoms with Crippen molar-refractivity contribution in [2.45, 2.75) is 12.2 Å². The van der Waals surface area contributed by atoms with Gasteiger partial charge >= 0.3 is 0 Å². The number of hydrogen-bond donors (Lipinski definition) is 2. The molecule has 2 atom stereocenters. The van der Waals surface area contributed by atoms with E-state index in [9.17, 15) is 0 Å². The Balaban J connectivity index is 2.18. The highest BCUT2D eigenvalue weighted by Gasteiger charge is 2.19.